The summed E-state index contributed by atoms with van der Waals surface area (Å²) < 4.78 is 0. The van der Waals surface area contributed by atoms with Crippen molar-refractivity contribution in [2.24, 2.45) is 0 Å². The maximum Gasteiger partial charge on any atom is 0.339 e. The fourth-order valence-electron chi connectivity index (χ4n) is 0.611. The molecule has 1 aromatic rings. The lowest BCUT2D eigenvalue weighted by molar-refractivity contribution is 0.0693. The Kier molecular flexibility index (Phi) is 1.95. The average Bonchev–Trinajstić information content (AvgIpc) is 2.32. The quantitative estimate of drug-likeness (QED) is 0.555. The summed E-state index contributed by atoms with van der Waals surface area (Å²) in [5.41, 5.74) is -0.258. The third kappa shape index (κ3) is 1.40. The van der Waals surface area contributed by atoms with Crippen molar-refractivity contribution in [3.8, 4) is 0 Å². The minimum atomic E-state index is -1.20. The van der Waals surface area contributed by atoms with E-state index < -0.39 is 11.1 Å². The van der Waals surface area contributed by atoms with Crippen molar-refractivity contribution in [1.82, 2.24) is 10.2 Å². The van der Waals surface area contributed by atoms with E-state index in [4.69, 9.17) is 5.11 Å². The maximum absolute atomic E-state index is 10.6. The molecule has 11 heavy (non-hydrogen) atoms. The third-order valence-corrected chi connectivity index (χ3v) is 1.31. The van der Waals surface area contributed by atoms with Gasteiger partial charge in [0, 0.05) is 0 Å². The first-order valence-electron chi connectivity index (χ1n) is 2.63. The summed E-state index contributed by atoms with van der Waals surface area (Å²) in [6.45, 7) is 0. The van der Waals surface area contributed by atoms with Gasteiger partial charge in [-0.2, -0.15) is 5.10 Å². The van der Waals surface area contributed by atoms with Gasteiger partial charge in [0.25, 0.3) is 0 Å². The smallest absolute Gasteiger partial charge is 0.339 e. The number of aromatic carboxylic acids is 1. The summed E-state index contributed by atoms with van der Waals surface area (Å²) in [6.07, 6.45) is 1.06. The maximum atomic E-state index is 10.6. The summed E-state index contributed by atoms with van der Waals surface area (Å²) in [6, 6.07) is 0. The molecule has 0 spiro atoms. The first kappa shape index (κ1) is 7.80. The molecule has 0 saturated heterocycles. The van der Waals surface area contributed by atoms with Gasteiger partial charge >= 0.3 is 5.97 Å². The number of rotatable bonds is 2. The summed E-state index contributed by atoms with van der Waals surface area (Å²) in [4.78, 5) is 20.9. The highest BCUT2D eigenvalue weighted by Crippen LogP contribution is 2.06. The van der Waals surface area contributed by atoms with Crippen molar-refractivity contribution in [1.29, 1.82) is 0 Å². The number of carboxylic acids is 1. The number of aromatic nitrogens is 2. The van der Waals surface area contributed by atoms with Crippen LogP contribution in [-0.4, -0.2) is 26.4 Å². The van der Waals surface area contributed by atoms with Gasteiger partial charge in [-0.1, -0.05) is 12.6 Å². The molecule has 1 rings (SSSR count). The van der Waals surface area contributed by atoms with Crippen LogP contribution in [0, 0.1) is 0 Å². The molecular weight excluding hydrogens is 168 g/mol. The molecule has 0 bridgehead atoms. The number of hydrogen-bond donors (Lipinski definition) is 3. The van der Waals surface area contributed by atoms with Crippen molar-refractivity contribution >= 4 is 23.7 Å². The molecule has 0 fully saturated rings. The van der Waals surface area contributed by atoms with Crippen LogP contribution >= 0.6 is 12.6 Å². The van der Waals surface area contributed by atoms with Crippen LogP contribution in [0.4, 0.5) is 0 Å². The van der Waals surface area contributed by atoms with Gasteiger partial charge in [-0.05, 0) is 0 Å². The van der Waals surface area contributed by atoms with Crippen LogP contribution in [0.25, 0.3) is 0 Å². The van der Waals surface area contributed by atoms with E-state index in [1.54, 1.807) is 0 Å². The standard InChI is InChI=1S/C5H4N2O3S/c8-4(9)2-1-6-7-3(2)5(10)11/h1H,(H,6,7)(H,8,9)(H,10,11). The second-order valence-electron chi connectivity index (χ2n) is 1.77. The highest BCUT2D eigenvalue weighted by atomic mass is 32.1. The van der Waals surface area contributed by atoms with Crippen molar-refractivity contribution in [3.05, 3.63) is 17.5 Å². The zero-order valence-corrected chi connectivity index (χ0v) is 6.13. The number of carboxylic acid groups (broad SMARTS) is 1. The highest BCUT2D eigenvalue weighted by Gasteiger charge is 2.15. The Hall–Kier alpha value is -1.30. The fraction of sp³-hybridized carbons (Fsp3) is 0. The minimum Gasteiger partial charge on any atom is -0.478 e. The van der Waals surface area contributed by atoms with Gasteiger partial charge in [-0.3, -0.25) is 9.89 Å². The molecule has 2 N–H and O–H groups in total. The monoisotopic (exact) mass is 172 g/mol. The van der Waals surface area contributed by atoms with E-state index in [0.29, 0.717) is 0 Å². The normalized spacial score (nSPS) is 9.55. The zero-order valence-electron chi connectivity index (χ0n) is 5.24. The molecule has 1 heterocycles. The number of nitrogens with one attached hydrogen (secondary N) is 1. The number of aromatic amines is 1. The molecule has 0 aromatic carbocycles. The number of carbonyl (C=O) groups is 2. The summed E-state index contributed by atoms with van der Waals surface area (Å²) >= 11 is 3.44. The van der Waals surface area contributed by atoms with Crippen LogP contribution in [0.1, 0.15) is 20.8 Å². The van der Waals surface area contributed by atoms with Gasteiger partial charge in [0.1, 0.15) is 11.3 Å². The van der Waals surface area contributed by atoms with Gasteiger partial charge in [-0.15, -0.1) is 0 Å². The number of thiol groups is 1. The van der Waals surface area contributed by atoms with E-state index in [1.165, 1.54) is 0 Å². The van der Waals surface area contributed by atoms with Crippen molar-refractivity contribution < 1.29 is 14.7 Å². The van der Waals surface area contributed by atoms with E-state index in [9.17, 15) is 9.59 Å². The molecule has 0 radical (unpaired) electrons. The van der Waals surface area contributed by atoms with E-state index in [-0.39, 0.29) is 11.3 Å². The number of hydrogen-bond acceptors (Lipinski definition) is 3. The predicted molar refractivity (Wildman–Crippen MR) is 38.9 cm³/mol. The predicted octanol–water partition coefficient (Wildman–Crippen LogP) is 0.178. The Balaban J connectivity index is 3.16. The Labute approximate surface area is 66.8 Å². The molecule has 6 heteroatoms. The summed E-state index contributed by atoms with van der Waals surface area (Å²) in [7, 11) is 0. The Morgan fingerprint density at radius 3 is 2.64 bits per heavy atom. The highest BCUT2D eigenvalue weighted by molar-refractivity contribution is 7.97. The molecule has 0 atom stereocenters. The molecule has 0 aliphatic heterocycles. The summed E-state index contributed by atoms with van der Waals surface area (Å²) in [5.74, 6) is -1.20. The summed E-state index contributed by atoms with van der Waals surface area (Å²) in [5, 5.41) is 13.4. The third-order valence-electron chi connectivity index (χ3n) is 1.08. The molecule has 1 aromatic heterocycles. The molecule has 5 nitrogen and oxygen atoms in total. The van der Waals surface area contributed by atoms with E-state index in [1.807, 2.05) is 0 Å². The van der Waals surface area contributed by atoms with Gasteiger partial charge in [0.05, 0.1) is 6.20 Å². The topological polar surface area (TPSA) is 83.0 Å². The van der Waals surface area contributed by atoms with Crippen molar-refractivity contribution in [2.75, 3.05) is 0 Å². The molecule has 58 valence electrons. The van der Waals surface area contributed by atoms with Gasteiger partial charge in [0.2, 0.25) is 5.12 Å². The number of H-pyrrole nitrogens is 1. The molecule has 0 amide bonds. The Bertz CT molecular complexity index is 278. The van der Waals surface area contributed by atoms with Crippen LogP contribution in [0.5, 0.6) is 0 Å². The fourth-order valence-corrected chi connectivity index (χ4v) is 0.782. The van der Waals surface area contributed by atoms with Crippen LogP contribution in [0.2, 0.25) is 0 Å². The lowest BCUT2D eigenvalue weighted by Crippen LogP contribution is -2.02. The van der Waals surface area contributed by atoms with Gasteiger partial charge < -0.3 is 5.11 Å². The molecule has 0 aliphatic rings. The van der Waals surface area contributed by atoms with E-state index in [0.717, 1.165) is 6.20 Å². The van der Waals surface area contributed by atoms with E-state index >= 15 is 0 Å². The largest absolute Gasteiger partial charge is 0.478 e. The molecule has 0 aliphatic carbocycles. The second kappa shape index (κ2) is 2.75. The van der Waals surface area contributed by atoms with Gasteiger partial charge in [-0.25, -0.2) is 4.79 Å². The molecule has 0 unspecified atom stereocenters. The Morgan fingerprint density at radius 2 is 2.27 bits per heavy atom. The first-order valence-corrected chi connectivity index (χ1v) is 3.07. The number of carbonyl (C=O) groups excluding carboxylic acids is 1. The van der Waals surface area contributed by atoms with Crippen LogP contribution in [-0.2, 0) is 0 Å². The lowest BCUT2D eigenvalue weighted by Gasteiger charge is -1.89. The SMILES string of the molecule is O=C(O)c1cn[nH]c1C(=O)S. The molecular formula is C5H4N2O3S. The first-order chi connectivity index (χ1) is 5.13. The minimum absolute atomic E-state index is 0.0965. The molecule has 0 saturated carbocycles. The zero-order chi connectivity index (χ0) is 8.43. The average molecular weight is 172 g/mol. The van der Waals surface area contributed by atoms with Crippen molar-refractivity contribution in [2.45, 2.75) is 0 Å². The lowest BCUT2D eigenvalue weighted by atomic mass is 10.3. The number of nitrogens with zero attached hydrogens (tertiary/aromatic N) is 1. The Morgan fingerprint density at radius 1 is 1.64 bits per heavy atom. The second-order valence-corrected chi connectivity index (χ2v) is 2.18. The van der Waals surface area contributed by atoms with E-state index in [2.05, 4.69) is 22.8 Å². The van der Waals surface area contributed by atoms with Crippen LogP contribution in [0.15, 0.2) is 6.20 Å². The van der Waals surface area contributed by atoms with Crippen LogP contribution < -0.4 is 0 Å². The van der Waals surface area contributed by atoms with Crippen LogP contribution in [0.3, 0.4) is 0 Å². The van der Waals surface area contributed by atoms with Crippen molar-refractivity contribution in [3.63, 3.8) is 0 Å². The van der Waals surface area contributed by atoms with Gasteiger partial charge in [0.15, 0.2) is 0 Å².